The van der Waals surface area contributed by atoms with Crippen molar-refractivity contribution >= 4 is 5.78 Å². The topological polar surface area (TPSA) is 52.3 Å². The summed E-state index contributed by atoms with van der Waals surface area (Å²) in [4.78, 5) is 11.2. The number of rotatable bonds is 2. The normalized spacial score (nSPS) is 22.2. The van der Waals surface area contributed by atoms with Crippen molar-refractivity contribution < 1.29 is 14.1 Å². The zero-order valence-electron chi connectivity index (χ0n) is 8.16. The minimum Gasteiger partial charge on any atom is -0.381 e. The van der Waals surface area contributed by atoms with Gasteiger partial charge in [-0.15, -0.1) is 0 Å². The first-order chi connectivity index (χ1) is 6.79. The minimum absolute atomic E-state index is 0.00632. The molecule has 1 unspecified atom stereocenters. The second kappa shape index (κ2) is 3.92. The zero-order chi connectivity index (χ0) is 9.97. The molecule has 0 aromatic carbocycles. The minimum atomic E-state index is 0.00632. The Hall–Kier alpha value is -1.16. The molecule has 76 valence electrons. The van der Waals surface area contributed by atoms with Gasteiger partial charge in [0.05, 0.1) is 18.4 Å². The summed E-state index contributed by atoms with van der Waals surface area (Å²) in [5.74, 6) is 0.897. The number of ether oxygens (including phenoxy) is 1. The number of Topliss-reactive ketones (excluding diaryl/α,β-unsaturated/α-hetero) is 1. The lowest BCUT2D eigenvalue weighted by atomic mass is 9.96. The summed E-state index contributed by atoms with van der Waals surface area (Å²) in [5.41, 5.74) is 0.598. The van der Waals surface area contributed by atoms with Crippen molar-refractivity contribution in [2.45, 2.75) is 25.7 Å². The molecule has 0 bridgehead atoms. The molecule has 0 amide bonds. The van der Waals surface area contributed by atoms with E-state index in [-0.39, 0.29) is 11.7 Å². The SMILES string of the molecule is CC(=O)c1cnoc1C1CCCOC1. The van der Waals surface area contributed by atoms with Crippen LogP contribution in [0.15, 0.2) is 10.7 Å². The third kappa shape index (κ3) is 1.70. The third-order valence-corrected chi connectivity index (χ3v) is 2.51. The molecular formula is C10H13NO3. The molecular weight excluding hydrogens is 182 g/mol. The maximum Gasteiger partial charge on any atom is 0.165 e. The van der Waals surface area contributed by atoms with Gasteiger partial charge in [0.1, 0.15) is 0 Å². The van der Waals surface area contributed by atoms with Crippen molar-refractivity contribution in [2.75, 3.05) is 13.2 Å². The molecule has 0 N–H and O–H groups in total. The monoisotopic (exact) mass is 195 g/mol. The molecule has 1 fully saturated rings. The standard InChI is InChI=1S/C10H13NO3/c1-7(12)9-5-11-14-10(9)8-3-2-4-13-6-8/h5,8H,2-4,6H2,1H3. The van der Waals surface area contributed by atoms with Gasteiger partial charge in [0.25, 0.3) is 0 Å². The fraction of sp³-hybridized carbons (Fsp3) is 0.600. The first-order valence-electron chi connectivity index (χ1n) is 4.82. The summed E-state index contributed by atoms with van der Waals surface area (Å²) in [5, 5.41) is 3.67. The Morgan fingerprint density at radius 3 is 3.14 bits per heavy atom. The second-order valence-corrected chi connectivity index (χ2v) is 3.57. The van der Waals surface area contributed by atoms with Gasteiger partial charge in [0, 0.05) is 12.5 Å². The summed E-state index contributed by atoms with van der Waals surface area (Å²) < 4.78 is 10.5. The van der Waals surface area contributed by atoms with Gasteiger partial charge in [-0.3, -0.25) is 4.79 Å². The molecule has 1 aromatic heterocycles. The Kier molecular flexibility index (Phi) is 2.63. The first-order valence-corrected chi connectivity index (χ1v) is 4.82. The first kappa shape index (κ1) is 9.40. The van der Waals surface area contributed by atoms with E-state index in [0.29, 0.717) is 17.9 Å². The zero-order valence-corrected chi connectivity index (χ0v) is 8.16. The smallest absolute Gasteiger partial charge is 0.165 e. The van der Waals surface area contributed by atoms with E-state index in [1.807, 2.05) is 0 Å². The lowest BCUT2D eigenvalue weighted by molar-refractivity contribution is 0.0714. The molecule has 4 nitrogen and oxygen atoms in total. The maximum absolute atomic E-state index is 11.2. The molecule has 2 heterocycles. The van der Waals surface area contributed by atoms with Gasteiger partial charge in [-0.05, 0) is 19.8 Å². The summed E-state index contributed by atoms with van der Waals surface area (Å²) in [7, 11) is 0. The lowest BCUT2D eigenvalue weighted by Gasteiger charge is -2.19. The van der Waals surface area contributed by atoms with Gasteiger partial charge >= 0.3 is 0 Å². The van der Waals surface area contributed by atoms with Crippen LogP contribution in [0.2, 0.25) is 0 Å². The number of ketones is 1. The van der Waals surface area contributed by atoms with E-state index < -0.39 is 0 Å². The third-order valence-electron chi connectivity index (χ3n) is 2.51. The van der Waals surface area contributed by atoms with E-state index in [9.17, 15) is 4.79 Å². The molecule has 1 aromatic rings. The van der Waals surface area contributed by atoms with E-state index in [0.717, 1.165) is 19.4 Å². The molecule has 14 heavy (non-hydrogen) atoms. The molecule has 1 atom stereocenters. The predicted octanol–water partition coefficient (Wildman–Crippen LogP) is 1.77. The van der Waals surface area contributed by atoms with Crippen molar-refractivity contribution in [1.82, 2.24) is 5.16 Å². The van der Waals surface area contributed by atoms with Gasteiger partial charge < -0.3 is 9.26 Å². The van der Waals surface area contributed by atoms with Crippen LogP contribution in [0, 0.1) is 0 Å². The molecule has 4 heteroatoms. The van der Waals surface area contributed by atoms with Crippen LogP contribution in [-0.2, 0) is 4.74 Å². The highest BCUT2D eigenvalue weighted by Gasteiger charge is 2.24. The fourth-order valence-corrected chi connectivity index (χ4v) is 1.75. The van der Waals surface area contributed by atoms with Crippen LogP contribution in [0.5, 0.6) is 0 Å². The number of carbonyl (C=O) groups excluding carboxylic acids is 1. The molecule has 0 spiro atoms. The number of aromatic nitrogens is 1. The molecule has 0 aliphatic carbocycles. The lowest BCUT2D eigenvalue weighted by Crippen LogP contribution is -2.16. The Morgan fingerprint density at radius 1 is 1.64 bits per heavy atom. The van der Waals surface area contributed by atoms with Crippen LogP contribution in [0.1, 0.15) is 41.8 Å². The molecule has 1 aliphatic rings. The molecule has 1 aliphatic heterocycles. The summed E-state index contributed by atoms with van der Waals surface area (Å²) in [6, 6.07) is 0. The van der Waals surface area contributed by atoms with Crippen molar-refractivity contribution in [1.29, 1.82) is 0 Å². The largest absolute Gasteiger partial charge is 0.381 e. The number of hydrogen-bond donors (Lipinski definition) is 0. The van der Waals surface area contributed by atoms with E-state index >= 15 is 0 Å². The summed E-state index contributed by atoms with van der Waals surface area (Å²) in [6.45, 7) is 2.97. The Bertz CT molecular complexity index is 326. The van der Waals surface area contributed by atoms with Crippen molar-refractivity contribution in [3.8, 4) is 0 Å². The summed E-state index contributed by atoms with van der Waals surface area (Å²) in [6.07, 6.45) is 3.52. The molecule has 0 saturated carbocycles. The Balaban J connectivity index is 2.21. The van der Waals surface area contributed by atoms with Crippen molar-refractivity contribution in [3.63, 3.8) is 0 Å². The van der Waals surface area contributed by atoms with Gasteiger partial charge in [0.2, 0.25) is 0 Å². The van der Waals surface area contributed by atoms with Crippen molar-refractivity contribution in [3.05, 3.63) is 17.5 Å². The van der Waals surface area contributed by atoms with Gasteiger partial charge in [0.15, 0.2) is 11.5 Å². The van der Waals surface area contributed by atoms with Crippen LogP contribution < -0.4 is 0 Å². The van der Waals surface area contributed by atoms with Crippen LogP contribution in [0.25, 0.3) is 0 Å². The van der Waals surface area contributed by atoms with Crippen LogP contribution in [-0.4, -0.2) is 24.2 Å². The van der Waals surface area contributed by atoms with Crippen LogP contribution in [0.3, 0.4) is 0 Å². The Labute approximate surface area is 82.2 Å². The van der Waals surface area contributed by atoms with E-state index in [4.69, 9.17) is 9.26 Å². The quantitative estimate of drug-likeness (QED) is 0.675. The second-order valence-electron chi connectivity index (χ2n) is 3.57. The number of nitrogens with zero attached hydrogens (tertiary/aromatic N) is 1. The highest BCUT2D eigenvalue weighted by atomic mass is 16.5. The van der Waals surface area contributed by atoms with Crippen LogP contribution >= 0.6 is 0 Å². The average molecular weight is 195 g/mol. The van der Waals surface area contributed by atoms with Gasteiger partial charge in [-0.25, -0.2) is 0 Å². The van der Waals surface area contributed by atoms with Gasteiger partial charge in [-0.2, -0.15) is 0 Å². The Morgan fingerprint density at radius 2 is 2.50 bits per heavy atom. The van der Waals surface area contributed by atoms with Crippen LogP contribution in [0.4, 0.5) is 0 Å². The van der Waals surface area contributed by atoms with E-state index in [2.05, 4.69) is 5.16 Å². The van der Waals surface area contributed by atoms with E-state index in [1.54, 1.807) is 0 Å². The summed E-state index contributed by atoms with van der Waals surface area (Å²) >= 11 is 0. The van der Waals surface area contributed by atoms with Gasteiger partial charge in [-0.1, -0.05) is 5.16 Å². The molecule has 1 saturated heterocycles. The fourth-order valence-electron chi connectivity index (χ4n) is 1.75. The van der Waals surface area contributed by atoms with E-state index in [1.165, 1.54) is 13.1 Å². The molecule has 0 radical (unpaired) electrons. The predicted molar refractivity (Wildman–Crippen MR) is 49.3 cm³/mol. The average Bonchev–Trinajstić information content (AvgIpc) is 2.67. The highest BCUT2D eigenvalue weighted by Crippen LogP contribution is 2.27. The number of hydrogen-bond acceptors (Lipinski definition) is 4. The van der Waals surface area contributed by atoms with Crippen molar-refractivity contribution in [2.24, 2.45) is 0 Å². The number of carbonyl (C=O) groups is 1. The molecule has 2 rings (SSSR count). The highest BCUT2D eigenvalue weighted by molar-refractivity contribution is 5.94. The maximum atomic E-state index is 11.2.